The van der Waals surface area contributed by atoms with Gasteiger partial charge in [0.1, 0.15) is 5.82 Å². The van der Waals surface area contributed by atoms with Gasteiger partial charge in [0.25, 0.3) is 0 Å². The molecule has 21 heavy (non-hydrogen) atoms. The Morgan fingerprint density at radius 3 is 2.81 bits per heavy atom. The molecule has 1 aliphatic rings. The fourth-order valence-corrected chi connectivity index (χ4v) is 4.00. The molecule has 1 aliphatic carbocycles. The number of aryl methyl sites for hydroxylation is 2. The lowest BCUT2D eigenvalue weighted by Crippen LogP contribution is -2.13. The van der Waals surface area contributed by atoms with E-state index < -0.39 is 0 Å². The minimum Gasteiger partial charge on any atom is -0.301 e. The number of halogens is 1. The summed E-state index contributed by atoms with van der Waals surface area (Å²) in [6, 6.07) is 6.15. The van der Waals surface area contributed by atoms with E-state index in [9.17, 15) is 9.18 Å². The van der Waals surface area contributed by atoms with Crippen molar-refractivity contribution in [3.05, 3.63) is 40.7 Å². The van der Waals surface area contributed by atoms with Crippen LogP contribution >= 0.6 is 23.1 Å². The van der Waals surface area contributed by atoms with Crippen molar-refractivity contribution in [1.29, 1.82) is 0 Å². The largest absolute Gasteiger partial charge is 0.301 e. The Balaban J connectivity index is 1.54. The number of nitrogens with one attached hydrogen (secondary N) is 1. The number of thiazole rings is 1. The van der Waals surface area contributed by atoms with Gasteiger partial charge in [0.2, 0.25) is 5.91 Å². The van der Waals surface area contributed by atoms with Crippen LogP contribution in [0.3, 0.4) is 0 Å². The molecule has 6 heteroatoms. The zero-order valence-electron chi connectivity index (χ0n) is 11.4. The molecule has 1 aromatic heterocycles. The molecule has 0 radical (unpaired) electrons. The van der Waals surface area contributed by atoms with Crippen molar-refractivity contribution in [2.45, 2.75) is 30.6 Å². The Labute approximate surface area is 131 Å². The highest BCUT2D eigenvalue weighted by atomic mass is 32.2. The number of nitrogens with zero attached hydrogens (tertiary/aromatic N) is 1. The lowest BCUT2D eigenvalue weighted by molar-refractivity contribution is -0.113. The number of benzene rings is 1. The predicted octanol–water partition coefficient (Wildman–Crippen LogP) is 3.89. The number of anilines is 1. The molecule has 110 valence electrons. The van der Waals surface area contributed by atoms with Gasteiger partial charge in [0.05, 0.1) is 11.4 Å². The zero-order valence-corrected chi connectivity index (χ0v) is 13.0. The van der Waals surface area contributed by atoms with Crippen molar-refractivity contribution in [2.75, 3.05) is 11.1 Å². The van der Waals surface area contributed by atoms with Crippen LogP contribution in [0.1, 0.15) is 23.4 Å². The van der Waals surface area contributed by atoms with Gasteiger partial charge < -0.3 is 5.32 Å². The van der Waals surface area contributed by atoms with E-state index in [0.717, 1.165) is 23.4 Å². The fraction of sp³-hybridized carbons (Fsp3) is 0.333. The molecule has 3 nitrogen and oxygen atoms in total. The number of carbonyl (C=O) groups is 1. The predicted molar refractivity (Wildman–Crippen MR) is 84.5 cm³/mol. The van der Waals surface area contributed by atoms with Crippen molar-refractivity contribution >= 4 is 34.1 Å². The molecule has 0 bridgehead atoms. The average Bonchev–Trinajstić information content (AvgIpc) is 2.88. The maximum Gasteiger partial charge on any atom is 0.236 e. The minimum absolute atomic E-state index is 0.0737. The molecule has 3 rings (SSSR count). The van der Waals surface area contributed by atoms with E-state index in [4.69, 9.17) is 0 Å². The summed E-state index contributed by atoms with van der Waals surface area (Å²) >= 11 is 2.97. The van der Waals surface area contributed by atoms with Crippen LogP contribution in [0.4, 0.5) is 9.52 Å². The molecule has 0 saturated heterocycles. The maximum absolute atomic E-state index is 12.8. The van der Waals surface area contributed by atoms with Crippen LogP contribution in [0.25, 0.3) is 0 Å². The molecule has 1 N–H and O–H groups in total. The van der Waals surface area contributed by atoms with Crippen molar-refractivity contribution in [3.63, 3.8) is 0 Å². The number of carbonyl (C=O) groups excluding carboxylic acids is 1. The van der Waals surface area contributed by atoms with Gasteiger partial charge in [-0.25, -0.2) is 9.37 Å². The van der Waals surface area contributed by atoms with Crippen molar-refractivity contribution in [1.82, 2.24) is 4.98 Å². The first-order chi connectivity index (χ1) is 10.2. The number of rotatable bonds is 4. The summed E-state index contributed by atoms with van der Waals surface area (Å²) in [4.78, 5) is 18.6. The van der Waals surface area contributed by atoms with E-state index in [1.54, 1.807) is 23.5 Å². The fourth-order valence-electron chi connectivity index (χ4n) is 2.24. The highest BCUT2D eigenvalue weighted by Crippen LogP contribution is 2.29. The lowest BCUT2D eigenvalue weighted by Gasteiger charge is -2.06. The van der Waals surface area contributed by atoms with Crippen LogP contribution in [0, 0.1) is 5.82 Å². The van der Waals surface area contributed by atoms with Crippen molar-refractivity contribution < 1.29 is 9.18 Å². The van der Waals surface area contributed by atoms with Crippen LogP contribution in [-0.2, 0) is 17.6 Å². The Bertz CT molecular complexity index is 616. The van der Waals surface area contributed by atoms with Crippen LogP contribution in [0.2, 0.25) is 0 Å². The van der Waals surface area contributed by atoms with E-state index in [1.807, 2.05) is 0 Å². The Morgan fingerprint density at radius 2 is 2.05 bits per heavy atom. The molecule has 0 unspecified atom stereocenters. The molecule has 0 atom stereocenters. The van der Waals surface area contributed by atoms with Gasteiger partial charge >= 0.3 is 0 Å². The molecule has 0 spiro atoms. The first-order valence-corrected chi connectivity index (χ1v) is 8.68. The lowest BCUT2D eigenvalue weighted by atomic mass is 10.0. The van der Waals surface area contributed by atoms with Crippen LogP contribution < -0.4 is 5.32 Å². The van der Waals surface area contributed by atoms with Gasteiger partial charge in [-0.2, -0.15) is 0 Å². The van der Waals surface area contributed by atoms with Crippen LogP contribution in [0.15, 0.2) is 29.2 Å². The van der Waals surface area contributed by atoms with Gasteiger partial charge in [0.15, 0.2) is 5.13 Å². The summed E-state index contributed by atoms with van der Waals surface area (Å²) in [5.74, 6) is -0.0387. The molecule has 0 saturated carbocycles. The van der Waals surface area contributed by atoms with Gasteiger partial charge in [0, 0.05) is 9.77 Å². The topological polar surface area (TPSA) is 42.0 Å². The second-order valence-electron chi connectivity index (χ2n) is 4.89. The van der Waals surface area contributed by atoms with Gasteiger partial charge in [-0.05, 0) is 49.9 Å². The third-order valence-electron chi connectivity index (χ3n) is 3.28. The quantitative estimate of drug-likeness (QED) is 0.868. The monoisotopic (exact) mass is 322 g/mol. The highest BCUT2D eigenvalue weighted by molar-refractivity contribution is 8.00. The molecular formula is C15H15FN2OS2. The molecular weight excluding hydrogens is 307 g/mol. The summed E-state index contributed by atoms with van der Waals surface area (Å²) in [5.41, 5.74) is 1.15. The molecule has 1 heterocycles. The number of hydrogen-bond acceptors (Lipinski definition) is 4. The number of fused-ring (bicyclic) bond motifs is 1. The normalized spacial score (nSPS) is 13.8. The van der Waals surface area contributed by atoms with Crippen LogP contribution in [-0.4, -0.2) is 16.6 Å². The Morgan fingerprint density at radius 1 is 1.29 bits per heavy atom. The van der Waals surface area contributed by atoms with E-state index in [2.05, 4.69) is 10.3 Å². The smallest absolute Gasteiger partial charge is 0.236 e. The number of hydrogen-bond donors (Lipinski definition) is 1. The molecule has 0 fully saturated rings. The van der Waals surface area contributed by atoms with Gasteiger partial charge in [-0.15, -0.1) is 23.1 Å². The summed E-state index contributed by atoms with van der Waals surface area (Å²) in [7, 11) is 0. The first kappa shape index (κ1) is 14.5. The summed E-state index contributed by atoms with van der Waals surface area (Å²) in [6.07, 6.45) is 4.49. The molecule has 1 amide bonds. The second kappa shape index (κ2) is 6.58. The molecule has 1 aromatic carbocycles. The number of thioether (sulfide) groups is 1. The van der Waals surface area contributed by atoms with E-state index in [0.29, 0.717) is 10.9 Å². The van der Waals surface area contributed by atoms with Crippen molar-refractivity contribution in [2.24, 2.45) is 0 Å². The number of aromatic nitrogens is 1. The van der Waals surface area contributed by atoms with Crippen molar-refractivity contribution in [3.8, 4) is 0 Å². The zero-order chi connectivity index (χ0) is 14.7. The summed E-state index contributed by atoms with van der Waals surface area (Å²) < 4.78 is 12.8. The second-order valence-corrected chi connectivity index (χ2v) is 7.02. The summed E-state index contributed by atoms with van der Waals surface area (Å²) in [5, 5.41) is 3.55. The van der Waals surface area contributed by atoms with Gasteiger partial charge in [-0.3, -0.25) is 4.79 Å². The third-order valence-corrected chi connectivity index (χ3v) is 5.36. The van der Waals surface area contributed by atoms with Gasteiger partial charge in [-0.1, -0.05) is 0 Å². The summed E-state index contributed by atoms with van der Waals surface area (Å²) in [6.45, 7) is 0. The average molecular weight is 322 g/mol. The highest BCUT2D eigenvalue weighted by Gasteiger charge is 2.16. The van der Waals surface area contributed by atoms with E-state index in [-0.39, 0.29) is 11.7 Å². The maximum atomic E-state index is 12.8. The van der Waals surface area contributed by atoms with E-state index >= 15 is 0 Å². The van der Waals surface area contributed by atoms with Crippen LogP contribution in [0.5, 0.6) is 0 Å². The van der Waals surface area contributed by atoms with E-state index in [1.165, 1.54) is 41.6 Å². The third kappa shape index (κ3) is 3.83. The molecule has 2 aromatic rings. The minimum atomic E-state index is -0.267. The standard InChI is InChI=1S/C15H15FN2OS2/c16-10-5-7-11(8-6-10)20-9-14(19)18-15-17-12-3-1-2-4-13(12)21-15/h5-8H,1-4,9H2,(H,17,18,19). The first-order valence-electron chi connectivity index (χ1n) is 6.87. The Hall–Kier alpha value is -1.40. The SMILES string of the molecule is O=C(CSc1ccc(F)cc1)Nc1nc2c(s1)CCCC2. The number of amides is 1. The molecule has 0 aliphatic heterocycles. The Kier molecular flexibility index (Phi) is 4.55.